The highest BCUT2D eigenvalue weighted by atomic mass is 35.5. The van der Waals surface area contributed by atoms with Crippen molar-refractivity contribution in [2.45, 2.75) is 12.5 Å². The molecule has 1 aliphatic heterocycles. The number of rotatable bonds is 1. The molecule has 0 amide bonds. The van der Waals surface area contributed by atoms with E-state index in [0.717, 1.165) is 0 Å². The third-order valence-corrected chi connectivity index (χ3v) is 3.24. The molecule has 0 saturated heterocycles. The molecule has 1 N–H and O–H groups in total. The molecule has 0 radical (unpaired) electrons. The fraction of sp³-hybridized carbons (Fsp3) is 0.286. The largest absolute Gasteiger partial charge is 0.500 e. The molecule has 1 atom stereocenters. The van der Waals surface area contributed by atoms with Gasteiger partial charge >= 0.3 is 4.66 Å². The Bertz CT molecular complexity index is 509. The Labute approximate surface area is 87.4 Å². The highest BCUT2D eigenvalue weighted by Crippen LogP contribution is 2.15. The summed E-state index contributed by atoms with van der Waals surface area (Å²) >= 11 is 7.07. The molecule has 0 fully saturated rings. The van der Waals surface area contributed by atoms with Gasteiger partial charge in [0.25, 0.3) is 17.0 Å². The smallest absolute Gasteiger partial charge is 0.313 e. The number of nitro groups is 1. The zero-order valence-corrected chi connectivity index (χ0v) is 8.46. The van der Waals surface area contributed by atoms with Gasteiger partial charge in [0.1, 0.15) is 6.42 Å². The van der Waals surface area contributed by atoms with Crippen molar-refractivity contribution in [3.05, 3.63) is 31.5 Å². The van der Waals surface area contributed by atoms with Crippen LogP contribution < -0.4 is 8.91 Å². The first-order chi connectivity index (χ1) is 6.61. The Kier molecular flexibility index (Phi) is 2.16. The molecule has 1 aromatic heterocycles. The van der Waals surface area contributed by atoms with E-state index in [2.05, 4.69) is 0 Å². The van der Waals surface area contributed by atoms with Crippen LogP contribution in [0.3, 0.4) is 0 Å². The van der Waals surface area contributed by atoms with Crippen molar-refractivity contribution >= 4 is 28.7 Å². The molecule has 1 aliphatic rings. The summed E-state index contributed by atoms with van der Waals surface area (Å²) in [5, 5.41) is 22.3. The van der Waals surface area contributed by atoms with Crippen molar-refractivity contribution in [1.29, 1.82) is 0 Å². The quantitative estimate of drug-likeness (QED) is 0.432. The summed E-state index contributed by atoms with van der Waals surface area (Å²) in [6.45, 7) is 0. The highest BCUT2D eigenvalue weighted by molar-refractivity contribution is 7.07. The number of aliphatic hydroxyl groups excluding tert-OH is 1. The lowest BCUT2D eigenvalue weighted by Gasteiger charge is -2.05. The fourth-order valence-electron chi connectivity index (χ4n) is 1.33. The second-order valence-corrected chi connectivity index (χ2v) is 4.18. The molecule has 1 aromatic rings. The lowest BCUT2D eigenvalue weighted by molar-refractivity contribution is -0.553. The molecule has 14 heavy (non-hydrogen) atoms. The van der Waals surface area contributed by atoms with Gasteiger partial charge < -0.3 is 5.11 Å². The van der Waals surface area contributed by atoms with Crippen molar-refractivity contribution in [2.75, 3.05) is 0 Å². The molecule has 2 rings (SSSR count). The molecule has 0 bridgehead atoms. The highest BCUT2D eigenvalue weighted by Gasteiger charge is 2.36. The maximum absolute atomic E-state index is 10.6. The van der Waals surface area contributed by atoms with Gasteiger partial charge in [-0.05, 0) is 11.6 Å². The van der Waals surface area contributed by atoms with Gasteiger partial charge in [-0.1, -0.05) is 11.3 Å². The molecule has 5 nitrogen and oxygen atoms in total. The van der Waals surface area contributed by atoms with Gasteiger partial charge in [-0.2, -0.15) is 0 Å². The summed E-state index contributed by atoms with van der Waals surface area (Å²) in [7, 11) is 0. The van der Waals surface area contributed by atoms with Gasteiger partial charge in [0.15, 0.2) is 6.20 Å². The molecule has 0 aromatic carbocycles. The monoisotopic (exact) mass is 233 g/mol. The normalized spacial score (nSPS) is 20.8. The van der Waals surface area contributed by atoms with Gasteiger partial charge in [0.2, 0.25) is 0 Å². The van der Waals surface area contributed by atoms with E-state index in [9.17, 15) is 15.2 Å². The van der Waals surface area contributed by atoms with Gasteiger partial charge in [0, 0.05) is 4.92 Å². The first kappa shape index (κ1) is 9.42. The Morgan fingerprint density at radius 1 is 1.79 bits per heavy atom. The van der Waals surface area contributed by atoms with E-state index in [1.54, 1.807) is 15.8 Å². The molecule has 74 valence electrons. The van der Waals surface area contributed by atoms with E-state index in [4.69, 9.17) is 11.6 Å². The molecule has 2 heterocycles. The third kappa shape index (κ3) is 1.27. The summed E-state index contributed by atoms with van der Waals surface area (Å²) in [5.41, 5.74) is 0. The number of halogens is 1. The summed E-state index contributed by atoms with van der Waals surface area (Å²) in [5.74, 6) is -0.214. The number of hydrogen-bond acceptors (Lipinski definition) is 4. The SMILES string of the molecule is O=[N+]([O-])C1CC(Cl)=[n+]2ccsc2=C1O. The number of aromatic nitrogens is 1. The number of fused-ring (bicyclic) bond motifs is 1. The number of thiazole rings is 1. The minimum atomic E-state index is -1.11. The molecular weight excluding hydrogens is 228 g/mol. The van der Waals surface area contributed by atoms with Crippen LogP contribution in [-0.4, -0.2) is 16.1 Å². The summed E-state index contributed by atoms with van der Waals surface area (Å²) < 4.78 is 1.99. The average molecular weight is 234 g/mol. The minimum Gasteiger partial charge on any atom is -0.500 e. The molecular formula is C7H6ClN2O3S+. The van der Waals surface area contributed by atoms with Gasteiger partial charge in [0.05, 0.1) is 5.38 Å². The van der Waals surface area contributed by atoms with E-state index in [0.29, 0.717) is 9.83 Å². The van der Waals surface area contributed by atoms with Crippen molar-refractivity contribution < 1.29 is 14.3 Å². The van der Waals surface area contributed by atoms with Crippen LogP contribution in [0.25, 0.3) is 5.76 Å². The van der Waals surface area contributed by atoms with Crippen LogP contribution in [-0.2, 0) is 0 Å². The number of aliphatic hydroxyl groups is 1. The van der Waals surface area contributed by atoms with Crippen molar-refractivity contribution in [1.82, 2.24) is 0 Å². The average Bonchev–Trinajstić information content (AvgIpc) is 2.59. The van der Waals surface area contributed by atoms with Gasteiger partial charge in [-0.25, -0.2) is 0 Å². The summed E-state index contributed by atoms with van der Waals surface area (Å²) in [6, 6.07) is -1.11. The summed E-state index contributed by atoms with van der Waals surface area (Å²) in [4.78, 5) is 10.1. The number of hydrogen-bond donors (Lipinski definition) is 1. The molecule has 1 unspecified atom stereocenters. The van der Waals surface area contributed by atoms with E-state index in [-0.39, 0.29) is 12.2 Å². The van der Waals surface area contributed by atoms with Gasteiger partial charge in [-0.3, -0.25) is 10.1 Å². The fourth-order valence-corrected chi connectivity index (χ4v) is 2.52. The van der Waals surface area contributed by atoms with E-state index in [1.807, 2.05) is 0 Å². The van der Waals surface area contributed by atoms with Crippen LogP contribution in [0.15, 0.2) is 11.6 Å². The second kappa shape index (κ2) is 3.21. The first-order valence-corrected chi connectivity index (χ1v) is 5.07. The van der Waals surface area contributed by atoms with Crippen LogP contribution in [0, 0.1) is 15.3 Å². The van der Waals surface area contributed by atoms with Crippen molar-refractivity contribution in [3.63, 3.8) is 0 Å². The molecule has 0 spiro atoms. The summed E-state index contributed by atoms with van der Waals surface area (Å²) in [6.07, 6.45) is 1.71. The second-order valence-electron chi connectivity index (χ2n) is 2.84. The predicted octanol–water partition coefficient (Wildman–Crippen LogP) is 0.327. The van der Waals surface area contributed by atoms with Crippen LogP contribution in [0.5, 0.6) is 0 Å². The molecule has 7 heteroatoms. The topological polar surface area (TPSA) is 69.3 Å². The lowest BCUT2D eigenvalue weighted by Crippen LogP contribution is -2.44. The van der Waals surface area contributed by atoms with Crippen LogP contribution >= 0.6 is 22.9 Å². The first-order valence-electron chi connectivity index (χ1n) is 3.81. The van der Waals surface area contributed by atoms with Crippen LogP contribution in [0.4, 0.5) is 0 Å². The molecule has 0 aliphatic carbocycles. The maximum Gasteiger partial charge on any atom is 0.313 e. The number of nitrogens with zero attached hydrogens (tertiary/aromatic N) is 2. The van der Waals surface area contributed by atoms with Crippen LogP contribution in [0.1, 0.15) is 6.42 Å². The lowest BCUT2D eigenvalue weighted by atomic mass is 10.2. The van der Waals surface area contributed by atoms with E-state index in [1.165, 1.54) is 11.3 Å². The zero-order valence-electron chi connectivity index (χ0n) is 6.88. The Morgan fingerprint density at radius 3 is 3.14 bits per heavy atom. The Morgan fingerprint density at radius 2 is 2.50 bits per heavy atom. The van der Waals surface area contributed by atoms with Crippen molar-refractivity contribution in [3.8, 4) is 0 Å². The minimum absolute atomic E-state index is 0.0365. The zero-order chi connectivity index (χ0) is 10.3. The maximum atomic E-state index is 10.6. The van der Waals surface area contributed by atoms with E-state index >= 15 is 0 Å². The van der Waals surface area contributed by atoms with E-state index < -0.39 is 11.0 Å². The van der Waals surface area contributed by atoms with Crippen LogP contribution in [0.2, 0.25) is 0 Å². The Hall–Kier alpha value is -1.14. The Balaban J connectivity index is 2.74. The third-order valence-electron chi connectivity index (χ3n) is 2.02. The predicted molar refractivity (Wildman–Crippen MR) is 50.1 cm³/mol. The van der Waals surface area contributed by atoms with Crippen molar-refractivity contribution in [2.24, 2.45) is 0 Å². The molecule has 0 saturated carbocycles. The van der Waals surface area contributed by atoms with Gasteiger partial charge in [-0.15, -0.1) is 4.24 Å². The standard InChI is InChI=1S/C7H5ClN2O3S/c8-5-3-4(10(12)13)6(11)7-9(5)1-2-14-7/h1-2,4H,3H2/p+1.